The number of nitrogens with zero attached hydrogens (tertiary/aromatic N) is 5. The van der Waals surface area contributed by atoms with Crippen LogP contribution in [0.3, 0.4) is 0 Å². The molecular formula is C20H27BrClN5O5S. The van der Waals surface area contributed by atoms with Crippen molar-refractivity contribution in [2.24, 2.45) is 0 Å². The van der Waals surface area contributed by atoms with Gasteiger partial charge in [0, 0.05) is 56.6 Å². The highest BCUT2D eigenvalue weighted by Gasteiger charge is 2.29. The van der Waals surface area contributed by atoms with Crippen LogP contribution in [0.4, 0.5) is 0 Å². The molecule has 0 aliphatic carbocycles. The molecule has 2 aromatic rings. The number of carbonyl (C=O) groups excluding carboxylic acids is 1. The zero-order valence-electron chi connectivity index (χ0n) is 18.1. The molecule has 2 fully saturated rings. The van der Waals surface area contributed by atoms with Crippen molar-refractivity contribution in [1.29, 1.82) is 0 Å². The van der Waals surface area contributed by atoms with Gasteiger partial charge in [0.2, 0.25) is 21.8 Å². The Bertz CT molecular complexity index is 1020. The highest BCUT2D eigenvalue weighted by molar-refractivity contribution is 9.10. The summed E-state index contributed by atoms with van der Waals surface area (Å²) < 4.78 is 38.5. The summed E-state index contributed by atoms with van der Waals surface area (Å²) in [4.78, 5) is 20.8. The van der Waals surface area contributed by atoms with Crippen LogP contribution in [-0.4, -0.2) is 91.1 Å². The minimum atomic E-state index is -3.50. The molecule has 0 radical (unpaired) electrons. The van der Waals surface area contributed by atoms with Gasteiger partial charge in [-0.1, -0.05) is 21.1 Å². The molecule has 1 amide bonds. The van der Waals surface area contributed by atoms with Crippen LogP contribution >= 0.6 is 28.3 Å². The molecule has 33 heavy (non-hydrogen) atoms. The molecule has 3 heterocycles. The molecule has 0 bridgehead atoms. The molecule has 4 rings (SSSR count). The van der Waals surface area contributed by atoms with E-state index in [-0.39, 0.29) is 18.3 Å². The van der Waals surface area contributed by atoms with Crippen LogP contribution in [0.15, 0.2) is 38.2 Å². The van der Waals surface area contributed by atoms with Crippen LogP contribution < -0.4 is 0 Å². The fourth-order valence-electron chi connectivity index (χ4n) is 3.72. The summed E-state index contributed by atoms with van der Waals surface area (Å²) in [5.41, 5.74) is 0. The van der Waals surface area contributed by atoms with Crippen LogP contribution in [-0.2, 0) is 32.5 Å². The van der Waals surface area contributed by atoms with Crippen LogP contribution in [0.2, 0.25) is 0 Å². The molecule has 13 heteroatoms. The van der Waals surface area contributed by atoms with Crippen LogP contribution in [0.5, 0.6) is 0 Å². The number of carbonyl (C=O) groups is 1. The average Bonchev–Trinajstić information content (AvgIpc) is 3.26. The first kappa shape index (κ1) is 26.0. The molecule has 1 aromatic heterocycles. The van der Waals surface area contributed by atoms with Gasteiger partial charge in [0.1, 0.15) is 0 Å². The lowest BCUT2D eigenvalue weighted by molar-refractivity contribution is -0.135. The maximum absolute atomic E-state index is 12.8. The van der Waals surface area contributed by atoms with E-state index in [1.165, 1.54) is 4.31 Å². The second kappa shape index (κ2) is 11.7. The van der Waals surface area contributed by atoms with Crippen molar-refractivity contribution >= 4 is 44.3 Å². The molecule has 0 spiro atoms. The van der Waals surface area contributed by atoms with E-state index in [4.69, 9.17) is 9.26 Å². The number of hydrogen-bond acceptors (Lipinski definition) is 8. The number of piperazine rings is 1. The van der Waals surface area contributed by atoms with Gasteiger partial charge in [-0.2, -0.15) is 9.29 Å². The van der Waals surface area contributed by atoms with E-state index in [1.54, 1.807) is 29.2 Å². The Morgan fingerprint density at radius 3 is 2.36 bits per heavy atom. The number of rotatable bonds is 7. The van der Waals surface area contributed by atoms with Crippen molar-refractivity contribution in [3.63, 3.8) is 0 Å². The summed E-state index contributed by atoms with van der Waals surface area (Å²) in [6.45, 7) is 4.84. The molecule has 2 saturated heterocycles. The van der Waals surface area contributed by atoms with E-state index < -0.39 is 10.0 Å². The Morgan fingerprint density at radius 1 is 1.03 bits per heavy atom. The predicted molar refractivity (Wildman–Crippen MR) is 125 cm³/mol. The second-order valence-corrected chi connectivity index (χ2v) is 10.6. The van der Waals surface area contributed by atoms with Crippen LogP contribution in [0, 0.1) is 0 Å². The summed E-state index contributed by atoms with van der Waals surface area (Å²) >= 11 is 3.33. The molecule has 2 aliphatic heterocycles. The average molecular weight is 565 g/mol. The van der Waals surface area contributed by atoms with Gasteiger partial charge in [-0.25, -0.2) is 8.42 Å². The molecule has 182 valence electrons. The lowest BCUT2D eigenvalue weighted by Gasteiger charge is -2.33. The maximum atomic E-state index is 12.8. The number of amides is 1. The lowest BCUT2D eigenvalue weighted by Crippen LogP contribution is -2.48. The van der Waals surface area contributed by atoms with E-state index in [0.717, 1.165) is 4.47 Å². The van der Waals surface area contributed by atoms with Gasteiger partial charge >= 0.3 is 0 Å². The molecular weight excluding hydrogens is 538 g/mol. The standard InChI is InChI=1S/C20H26BrN5O5S.ClH/c21-16-1-3-17(4-2-16)32(28,29)26-9-7-24(8-10-26)15-18-22-19(31-23-18)5-6-20(27)25-11-13-30-14-12-25;/h1-4H,5-15H2;1H. The van der Waals surface area contributed by atoms with Gasteiger partial charge in [-0.05, 0) is 24.3 Å². The Hall–Kier alpha value is -1.57. The number of sulfonamides is 1. The molecule has 0 saturated carbocycles. The third-order valence-corrected chi connectivity index (χ3v) is 8.02. The van der Waals surface area contributed by atoms with Crippen molar-refractivity contribution in [2.75, 3.05) is 52.5 Å². The van der Waals surface area contributed by atoms with Crippen molar-refractivity contribution in [3.8, 4) is 0 Å². The first-order valence-corrected chi connectivity index (χ1v) is 12.8. The van der Waals surface area contributed by atoms with E-state index in [2.05, 4.69) is 31.0 Å². The van der Waals surface area contributed by atoms with E-state index in [0.29, 0.717) is 88.5 Å². The number of hydrogen-bond donors (Lipinski definition) is 0. The number of ether oxygens (including phenoxy) is 1. The van der Waals surface area contributed by atoms with E-state index >= 15 is 0 Å². The topological polar surface area (TPSA) is 109 Å². The maximum Gasteiger partial charge on any atom is 0.243 e. The summed E-state index contributed by atoms with van der Waals surface area (Å²) in [6, 6.07) is 6.67. The molecule has 0 unspecified atom stereocenters. The van der Waals surface area contributed by atoms with Gasteiger partial charge in [0.05, 0.1) is 24.7 Å². The third-order valence-electron chi connectivity index (χ3n) is 5.57. The molecule has 0 N–H and O–H groups in total. The molecule has 2 aliphatic rings. The van der Waals surface area contributed by atoms with E-state index in [1.807, 2.05) is 0 Å². The fraction of sp³-hybridized carbons (Fsp3) is 0.550. The Kier molecular flexibility index (Phi) is 9.25. The van der Waals surface area contributed by atoms with Crippen molar-refractivity contribution in [3.05, 3.63) is 40.5 Å². The summed E-state index contributed by atoms with van der Waals surface area (Å²) in [7, 11) is -3.50. The first-order chi connectivity index (χ1) is 15.4. The smallest absolute Gasteiger partial charge is 0.243 e. The van der Waals surface area contributed by atoms with Gasteiger partial charge in [0.25, 0.3) is 0 Å². The van der Waals surface area contributed by atoms with Crippen molar-refractivity contribution < 1.29 is 22.5 Å². The largest absolute Gasteiger partial charge is 0.378 e. The number of benzene rings is 1. The summed E-state index contributed by atoms with van der Waals surface area (Å²) in [5.74, 6) is 1.05. The van der Waals surface area contributed by atoms with Gasteiger partial charge in [-0.3, -0.25) is 9.69 Å². The number of aromatic nitrogens is 2. The van der Waals surface area contributed by atoms with E-state index in [9.17, 15) is 13.2 Å². The van der Waals surface area contributed by atoms with Crippen molar-refractivity contribution in [2.45, 2.75) is 24.3 Å². The SMILES string of the molecule is Cl.O=C(CCc1nc(CN2CCN(S(=O)(=O)c3ccc(Br)cc3)CC2)no1)N1CCOCC1. The fourth-order valence-corrected chi connectivity index (χ4v) is 5.41. The zero-order chi connectivity index (χ0) is 22.6. The van der Waals surface area contributed by atoms with Crippen LogP contribution in [0.1, 0.15) is 18.1 Å². The summed E-state index contributed by atoms with van der Waals surface area (Å²) in [6.07, 6.45) is 0.733. The predicted octanol–water partition coefficient (Wildman–Crippen LogP) is 1.55. The Morgan fingerprint density at radius 2 is 1.70 bits per heavy atom. The third kappa shape index (κ3) is 6.74. The lowest BCUT2D eigenvalue weighted by atomic mass is 10.2. The summed E-state index contributed by atoms with van der Waals surface area (Å²) in [5, 5.41) is 4.02. The minimum Gasteiger partial charge on any atom is -0.378 e. The molecule has 10 nitrogen and oxygen atoms in total. The number of aryl methyl sites for hydroxylation is 1. The quantitative estimate of drug-likeness (QED) is 0.498. The second-order valence-electron chi connectivity index (χ2n) is 7.73. The first-order valence-electron chi connectivity index (χ1n) is 10.6. The minimum absolute atomic E-state index is 0. The van der Waals surface area contributed by atoms with Gasteiger partial charge in [-0.15, -0.1) is 12.4 Å². The number of halogens is 2. The molecule has 1 aromatic carbocycles. The monoisotopic (exact) mass is 563 g/mol. The number of morpholine rings is 1. The van der Waals surface area contributed by atoms with Crippen molar-refractivity contribution in [1.82, 2.24) is 24.2 Å². The molecule has 0 atom stereocenters. The van der Waals surface area contributed by atoms with Crippen LogP contribution in [0.25, 0.3) is 0 Å². The Labute approximate surface area is 207 Å². The van der Waals surface area contributed by atoms with Gasteiger partial charge in [0.15, 0.2) is 5.82 Å². The Balaban J connectivity index is 0.00000306. The van der Waals surface area contributed by atoms with Gasteiger partial charge < -0.3 is 14.2 Å². The normalized spacial score (nSPS) is 18.2. The zero-order valence-corrected chi connectivity index (χ0v) is 21.3. The highest BCUT2D eigenvalue weighted by atomic mass is 79.9. The highest BCUT2D eigenvalue weighted by Crippen LogP contribution is 2.20.